The first-order valence-corrected chi connectivity index (χ1v) is 4.86. The van der Waals surface area contributed by atoms with E-state index in [4.69, 9.17) is 0 Å². The molecule has 0 aromatic carbocycles. The normalized spacial score (nSPS) is 23.2. The summed E-state index contributed by atoms with van der Waals surface area (Å²) in [6.07, 6.45) is 3.58. The number of hydrogen-bond donors (Lipinski definition) is 1. The van der Waals surface area contributed by atoms with Gasteiger partial charge < -0.3 is 5.32 Å². The number of thiazole rings is 1. The highest BCUT2D eigenvalue weighted by atomic mass is 32.1. The number of fused-ring (bicyclic) bond motifs is 1. The van der Waals surface area contributed by atoms with Crippen LogP contribution in [0.3, 0.4) is 0 Å². The third-order valence-electron chi connectivity index (χ3n) is 2.30. The van der Waals surface area contributed by atoms with E-state index in [-0.39, 0.29) is 0 Å². The molecule has 2 nitrogen and oxygen atoms in total. The second-order valence-corrected chi connectivity index (χ2v) is 3.89. The minimum Gasteiger partial charge on any atom is -0.317 e. The molecule has 1 atom stereocenters. The van der Waals surface area contributed by atoms with Crippen LogP contribution in [0.5, 0.6) is 0 Å². The molecule has 1 heterocycles. The van der Waals surface area contributed by atoms with Gasteiger partial charge in [0, 0.05) is 10.9 Å². The first-order chi connectivity index (χ1) is 5.40. The Morgan fingerprint density at radius 1 is 1.73 bits per heavy atom. The molecule has 1 aliphatic carbocycles. The summed E-state index contributed by atoms with van der Waals surface area (Å²) >= 11 is 1.79. The maximum Gasteiger partial charge on any atom is 0.0797 e. The molecule has 0 saturated carbocycles. The fourth-order valence-corrected chi connectivity index (χ4v) is 2.44. The van der Waals surface area contributed by atoms with Crippen molar-refractivity contribution in [3.05, 3.63) is 16.1 Å². The molecule has 3 heteroatoms. The summed E-state index contributed by atoms with van der Waals surface area (Å²) < 4.78 is 0. The average molecular weight is 168 g/mol. The minimum absolute atomic E-state index is 0.683. The van der Waals surface area contributed by atoms with E-state index in [9.17, 15) is 0 Å². The summed E-state index contributed by atoms with van der Waals surface area (Å²) in [7, 11) is 2.04. The third kappa shape index (κ3) is 1.30. The summed E-state index contributed by atoms with van der Waals surface area (Å²) in [6, 6.07) is 0.683. The lowest BCUT2D eigenvalue weighted by Crippen LogP contribution is -2.30. The molecule has 2 rings (SSSR count). The van der Waals surface area contributed by atoms with Crippen molar-refractivity contribution < 1.29 is 0 Å². The zero-order valence-electron chi connectivity index (χ0n) is 6.63. The average Bonchev–Trinajstić information content (AvgIpc) is 2.50. The summed E-state index contributed by atoms with van der Waals surface area (Å²) in [4.78, 5) is 5.80. The Kier molecular flexibility index (Phi) is 1.92. The smallest absolute Gasteiger partial charge is 0.0797 e. The van der Waals surface area contributed by atoms with E-state index in [2.05, 4.69) is 10.3 Å². The molecule has 60 valence electrons. The molecular formula is C8H12N2S. The molecular weight excluding hydrogens is 156 g/mol. The Labute approximate surface area is 70.7 Å². The van der Waals surface area contributed by atoms with Gasteiger partial charge in [-0.2, -0.15) is 0 Å². The third-order valence-corrected chi connectivity index (χ3v) is 3.19. The Morgan fingerprint density at radius 3 is 3.45 bits per heavy atom. The standard InChI is InChI=1S/C8H12N2S/c1-9-6-2-3-7-8(4-6)11-5-10-7/h5-6,9H,2-4H2,1H3. The molecule has 0 aliphatic heterocycles. The summed E-state index contributed by atoms with van der Waals surface area (Å²) in [5, 5.41) is 3.31. The number of aryl methyl sites for hydroxylation is 1. The van der Waals surface area contributed by atoms with Gasteiger partial charge in [0.2, 0.25) is 0 Å². The topological polar surface area (TPSA) is 24.9 Å². The predicted molar refractivity (Wildman–Crippen MR) is 47.0 cm³/mol. The van der Waals surface area contributed by atoms with E-state index in [0.29, 0.717) is 6.04 Å². The van der Waals surface area contributed by atoms with Gasteiger partial charge in [-0.05, 0) is 26.3 Å². The van der Waals surface area contributed by atoms with Crippen LogP contribution in [0, 0.1) is 0 Å². The van der Waals surface area contributed by atoms with Crippen molar-refractivity contribution in [3.63, 3.8) is 0 Å². The van der Waals surface area contributed by atoms with Crippen molar-refractivity contribution in [3.8, 4) is 0 Å². The van der Waals surface area contributed by atoms with Crippen LogP contribution >= 0.6 is 11.3 Å². The number of nitrogens with one attached hydrogen (secondary N) is 1. The number of aromatic nitrogens is 1. The van der Waals surface area contributed by atoms with Crippen LogP contribution in [0.25, 0.3) is 0 Å². The van der Waals surface area contributed by atoms with Gasteiger partial charge in [-0.15, -0.1) is 11.3 Å². The highest BCUT2D eigenvalue weighted by Crippen LogP contribution is 2.23. The van der Waals surface area contributed by atoms with Gasteiger partial charge in [-0.25, -0.2) is 4.98 Å². The van der Waals surface area contributed by atoms with Crippen LogP contribution in [0.4, 0.5) is 0 Å². The molecule has 1 unspecified atom stereocenters. The SMILES string of the molecule is CNC1CCc2ncsc2C1. The number of likely N-dealkylation sites (N-methyl/N-ethyl adjacent to an activating group) is 1. The van der Waals surface area contributed by atoms with Gasteiger partial charge in [0.15, 0.2) is 0 Å². The largest absolute Gasteiger partial charge is 0.317 e. The van der Waals surface area contributed by atoms with Crippen LogP contribution in [-0.4, -0.2) is 18.1 Å². The summed E-state index contributed by atoms with van der Waals surface area (Å²) in [5.74, 6) is 0. The predicted octanol–water partition coefficient (Wildman–Crippen LogP) is 1.22. The molecule has 1 N–H and O–H groups in total. The molecule has 0 saturated heterocycles. The van der Waals surface area contributed by atoms with Crippen molar-refractivity contribution in [2.75, 3.05) is 7.05 Å². The van der Waals surface area contributed by atoms with E-state index in [1.807, 2.05) is 12.6 Å². The second-order valence-electron chi connectivity index (χ2n) is 2.95. The first kappa shape index (κ1) is 7.25. The summed E-state index contributed by atoms with van der Waals surface area (Å²) in [5.41, 5.74) is 3.30. The lowest BCUT2D eigenvalue weighted by Gasteiger charge is -2.19. The molecule has 0 radical (unpaired) electrons. The molecule has 0 bridgehead atoms. The molecule has 1 aromatic heterocycles. The Hall–Kier alpha value is -0.410. The van der Waals surface area contributed by atoms with Gasteiger partial charge in [0.1, 0.15) is 0 Å². The Balaban J connectivity index is 2.18. The number of nitrogens with zero attached hydrogens (tertiary/aromatic N) is 1. The van der Waals surface area contributed by atoms with Gasteiger partial charge in [-0.3, -0.25) is 0 Å². The van der Waals surface area contributed by atoms with Crippen molar-refractivity contribution >= 4 is 11.3 Å². The van der Waals surface area contributed by atoms with Crippen LogP contribution in [-0.2, 0) is 12.8 Å². The van der Waals surface area contributed by atoms with Gasteiger partial charge >= 0.3 is 0 Å². The van der Waals surface area contributed by atoms with Crippen molar-refractivity contribution in [1.29, 1.82) is 0 Å². The second kappa shape index (κ2) is 2.91. The van der Waals surface area contributed by atoms with Crippen LogP contribution < -0.4 is 5.32 Å². The van der Waals surface area contributed by atoms with E-state index in [1.165, 1.54) is 23.4 Å². The minimum atomic E-state index is 0.683. The fraction of sp³-hybridized carbons (Fsp3) is 0.625. The maximum absolute atomic E-state index is 4.32. The van der Waals surface area contributed by atoms with Crippen LogP contribution in [0.15, 0.2) is 5.51 Å². The lowest BCUT2D eigenvalue weighted by molar-refractivity contribution is 0.497. The van der Waals surface area contributed by atoms with E-state index < -0.39 is 0 Å². The highest BCUT2D eigenvalue weighted by molar-refractivity contribution is 7.09. The Bertz CT molecular complexity index is 244. The highest BCUT2D eigenvalue weighted by Gasteiger charge is 2.18. The van der Waals surface area contributed by atoms with Crippen molar-refractivity contribution in [2.45, 2.75) is 25.3 Å². The van der Waals surface area contributed by atoms with Gasteiger partial charge in [0.25, 0.3) is 0 Å². The molecule has 1 aliphatic rings. The Morgan fingerprint density at radius 2 is 2.64 bits per heavy atom. The van der Waals surface area contributed by atoms with Crippen molar-refractivity contribution in [2.24, 2.45) is 0 Å². The molecule has 11 heavy (non-hydrogen) atoms. The number of hydrogen-bond acceptors (Lipinski definition) is 3. The number of rotatable bonds is 1. The maximum atomic E-state index is 4.32. The fourth-order valence-electron chi connectivity index (χ4n) is 1.55. The van der Waals surface area contributed by atoms with Gasteiger partial charge in [0.05, 0.1) is 11.2 Å². The lowest BCUT2D eigenvalue weighted by atomic mass is 9.98. The first-order valence-electron chi connectivity index (χ1n) is 3.98. The molecule has 1 aromatic rings. The molecule has 0 amide bonds. The monoisotopic (exact) mass is 168 g/mol. The van der Waals surface area contributed by atoms with Crippen LogP contribution in [0.1, 0.15) is 17.0 Å². The van der Waals surface area contributed by atoms with E-state index in [1.54, 1.807) is 11.3 Å². The quantitative estimate of drug-likeness (QED) is 0.682. The van der Waals surface area contributed by atoms with E-state index in [0.717, 1.165) is 6.42 Å². The summed E-state index contributed by atoms with van der Waals surface area (Å²) in [6.45, 7) is 0. The molecule has 0 fully saturated rings. The molecule has 0 spiro atoms. The zero-order valence-corrected chi connectivity index (χ0v) is 7.45. The van der Waals surface area contributed by atoms with E-state index >= 15 is 0 Å². The van der Waals surface area contributed by atoms with Crippen LogP contribution in [0.2, 0.25) is 0 Å². The van der Waals surface area contributed by atoms with Gasteiger partial charge in [-0.1, -0.05) is 0 Å². The van der Waals surface area contributed by atoms with Crippen molar-refractivity contribution in [1.82, 2.24) is 10.3 Å². The zero-order chi connectivity index (χ0) is 7.68.